The fourth-order valence-electron chi connectivity index (χ4n) is 3.90. The summed E-state index contributed by atoms with van der Waals surface area (Å²) in [5.74, 6) is -2.55. The van der Waals surface area contributed by atoms with Crippen molar-refractivity contribution in [3.63, 3.8) is 0 Å². The predicted molar refractivity (Wildman–Crippen MR) is 119 cm³/mol. The van der Waals surface area contributed by atoms with Gasteiger partial charge in [0, 0.05) is 30.5 Å². The van der Waals surface area contributed by atoms with Gasteiger partial charge < -0.3 is 19.3 Å². The predicted octanol–water partition coefficient (Wildman–Crippen LogP) is 1.39. The topological polar surface area (TPSA) is 105 Å². The summed E-state index contributed by atoms with van der Waals surface area (Å²) < 4.78 is 76.0. The Morgan fingerprint density at radius 2 is 1.91 bits per heavy atom. The monoisotopic (exact) mass is 471 g/mol. The second-order valence-electron chi connectivity index (χ2n) is 7.81. The SMILES string of the molecule is [2H]C([2H])(Oc1cccc2c1CN([C@H]1CCC(=O)NC1=O)C2=O)c1ccc(C([2H])([2H])N2C(=O)COC([2H])([2H])C2([2H])[2H])cc1. The lowest BCUT2D eigenvalue weighted by atomic mass is 10.0. The van der Waals surface area contributed by atoms with E-state index in [1.54, 1.807) is 0 Å². The summed E-state index contributed by atoms with van der Waals surface area (Å²) in [6.45, 7) is -12.4. The molecule has 9 nitrogen and oxygen atoms in total. The van der Waals surface area contributed by atoms with E-state index in [4.69, 9.17) is 15.7 Å². The maximum atomic E-state index is 13.1. The first-order valence-electron chi connectivity index (χ1n) is 14.5. The van der Waals surface area contributed by atoms with Crippen LogP contribution in [0.1, 0.15) is 50.9 Å². The second kappa shape index (κ2) is 9.26. The van der Waals surface area contributed by atoms with Crippen molar-refractivity contribution in [3.05, 3.63) is 64.7 Å². The molecule has 0 saturated carbocycles. The van der Waals surface area contributed by atoms with Crippen molar-refractivity contribution in [1.29, 1.82) is 0 Å². The number of rotatable bonds is 6. The average molecular weight is 472 g/mol. The summed E-state index contributed by atoms with van der Waals surface area (Å²) in [7, 11) is 0. The Hall–Kier alpha value is -3.72. The van der Waals surface area contributed by atoms with Crippen LogP contribution >= 0.6 is 0 Å². The van der Waals surface area contributed by atoms with Gasteiger partial charge >= 0.3 is 0 Å². The molecule has 3 aliphatic heterocycles. The second-order valence-corrected chi connectivity index (χ2v) is 7.81. The molecule has 2 aromatic rings. The van der Waals surface area contributed by atoms with Gasteiger partial charge in [-0.1, -0.05) is 30.3 Å². The van der Waals surface area contributed by atoms with Crippen LogP contribution in [0.2, 0.25) is 0 Å². The Labute approximate surface area is 207 Å². The van der Waals surface area contributed by atoms with E-state index in [1.165, 1.54) is 35.2 Å². The summed E-state index contributed by atoms with van der Waals surface area (Å²) in [4.78, 5) is 50.8. The molecule has 34 heavy (non-hydrogen) atoms. The lowest BCUT2D eigenvalue weighted by molar-refractivity contribution is -0.143. The lowest BCUT2D eigenvalue weighted by Gasteiger charge is -2.29. The Morgan fingerprint density at radius 1 is 1.12 bits per heavy atom. The molecule has 2 aromatic carbocycles. The van der Waals surface area contributed by atoms with Gasteiger partial charge in [0.15, 0.2) is 0 Å². The molecule has 3 aliphatic rings. The number of imide groups is 1. The minimum atomic E-state index is -3.16. The summed E-state index contributed by atoms with van der Waals surface area (Å²) >= 11 is 0. The standard InChI is InChI=1S/C25H25N3O6/c29-22-9-8-20(24(31)26-22)28-13-19-18(25(28)32)2-1-3-21(19)34-14-17-6-4-16(5-7-17)12-27-10-11-33-15-23(27)30/h1-7,20H,8-15H2,(H,26,29,31)/t20-/m0/s1/i10D2,11D2,12D2,14D2. The smallest absolute Gasteiger partial charge is 0.255 e. The van der Waals surface area contributed by atoms with Crippen molar-refractivity contribution in [2.45, 2.75) is 38.5 Å². The highest BCUT2D eigenvalue weighted by atomic mass is 16.5. The first-order chi connectivity index (χ1) is 19.5. The molecule has 0 radical (unpaired) electrons. The quantitative estimate of drug-likeness (QED) is 0.639. The largest absolute Gasteiger partial charge is 0.489 e. The Kier molecular flexibility index (Phi) is 3.96. The van der Waals surface area contributed by atoms with Crippen molar-refractivity contribution in [2.75, 3.05) is 19.7 Å². The van der Waals surface area contributed by atoms with E-state index in [2.05, 4.69) is 10.1 Å². The van der Waals surface area contributed by atoms with Crippen molar-refractivity contribution < 1.29 is 39.6 Å². The Morgan fingerprint density at radius 3 is 2.71 bits per heavy atom. The van der Waals surface area contributed by atoms with E-state index in [0.29, 0.717) is 5.56 Å². The van der Waals surface area contributed by atoms with Crippen molar-refractivity contribution in [2.24, 2.45) is 0 Å². The molecular weight excluding hydrogens is 438 g/mol. The average Bonchev–Trinajstić information content (AvgIpc) is 3.23. The Balaban J connectivity index is 1.38. The van der Waals surface area contributed by atoms with Crippen LogP contribution < -0.4 is 10.1 Å². The zero-order chi connectivity index (χ0) is 30.8. The molecule has 9 heteroatoms. The van der Waals surface area contributed by atoms with Gasteiger partial charge in [-0.15, -0.1) is 0 Å². The van der Waals surface area contributed by atoms with Crippen LogP contribution in [0, 0.1) is 0 Å². The number of nitrogens with zero attached hydrogens (tertiary/aromatic N) is 2. The third-order valence-corrected chi connectivity index (χ3v) is 5.62. The van der Waals surface area contributed by atoms with Gasteiger partial charge in [0.05, 0.1) is 24.1 Å². The number of carbonyl (C=O) groups excluding carboxylic acids is 4. The van der Waals surface area contributed by atoms with Gasteiger partial charge in [0.25, 0.3) is 5.91 Å². The van der Waals surface area contributed by atoms with Crippen molar-refractivity contribution >= 4 is 23.6 Å². The third-order valence-electron chi connectivity index (χ3n) is 5.62. The van der Waals surface area contributed by atoms with Crippen LogP contribution in [0.15, 0.2) is 42.5 Å². The highest BCUT2D eigenvalue weighted by Crippen LogP contribution is 2.34. The van der Waals surface area contributed by atoms with Gasteiger partial charge in [-0.05, 0) is 29.7 Å². The maximum Gasteiger partial charge on any atom is 0.255 e. The summed E-state index contributed by atoms with van der Waals surface area (Å²) in [6, 6.07) is 8.26. The molecule has 0 aliphatic carbocycles. The highest BCUT2D eigenvalue weighted by molar-refractivity contribution is 6.05. The molecule has 0 spiro atoms. The molecule has 176 valence electrons. The molecule has 1 atom stereocenters. The fraction of sp³-hybridized carbons (Fsp3) is 0.360. The first kappa shape index (κ1) is 14.5. The molecule has 2 fully saturated rings. The molecule has 0 unspecified atom stereocenters. The van der Waals surface area contributed by atoms with Crippen LogP contribution in [0.4, 0.5) is 0 Å². The molecule has 1 N–H and O–H groups in total. The molecule has 4 amide bonds. The number of nitrogens with one attached hydrogen (secondary N) is 1. The van der Waals surface area contributed by atoms with E-state index in [9.17, 15) is 19.2 Å². The van der Waals surface area contributed by atoms with Crippen LogP contribution in [0.3, 0.4) is 0 Å². The zero-order valence-electron chi connectivity index (χ0n) is 25.8. The minimum Gasteiger partial charge on any atom is -0.489 e. The van der Waals surface area contributed by atoms with Crippen LogP contribution in [0.25, 0.3) is 0 Å². The minimum absolute atomic E-state index is 0.0365. The van der Waals surface area contributed by atoms with Crippen molar-refractivity contribution in [3.8, 4) is 5.75 Å². The number of carbonyl (C=O) groups is 4. The molecule has 2 saturated heterocycles. The third kappa shape index (κ3) is 4.38. The van der Waals surface area contributed by atoms with Gasteiger partial charge in [-0.3, -0.25) is 24.5 Å². The first-order valence-corrected chi connectivity index (χ1v) is 10.5. The van der Waals surface area contributed by atoms with Crippen LogP contribution in [0.5, 0.6) is 5.75 Å². The zero-order valence-corrected chi connectivity index (χ0v) is 17.8. The lowest BCUT2D eigenvalue weighted by Crippen LogP contribution is -2.52. The summed E-state index contributed by atoms with van der Waals surface area (Å²) in [6.07, 6.45) is 0.233. The normalized spacial score (nSPS) is 27.7. The highest BCUT2D eigenvalue weighted by Gasteiger charge is 2.40. The van der Waals surface area contributed by atoms with Gasteiger partial charge in [0.2, 0.25) is 17.7 Å². The summed E-state index contributed by atoms with van der Waals surface area (Å²) in [5.41, 5.74) is 0.257. The van der Waals surface area contributed by atoms with Gasteiger partial charge in [0.1, 0.15) is 25.0 Å². The molecule has 5 rings (SSSR count). The number of ether oxygens (including phenoxy) is 2. The number of piperidine rings is 1. The molecule has 3 heterocycles. The molecule has 0 aromatic heterocycles. The number of amides is 4. The van der Waals surface area contributed by atoms with E-state index >= 15 is 0 Å². The van der Waals surface area contributed by atoms with E-state index < -0.39 is 62.4 Å². The number of benzene rings is 2. The number of hydrogen-bond acceptors (Lipinski definition) is 6. The van der Waals surface area contributed by atoms with Crippen LogP contribution in [-0.2, 0) is 38.7 Å². The van der Waals surface area contributed by atoms with E-state index in [0.717, 1.165) is 12.1 Å². The van der Waals surface area contributed by atoms with Crippen molar-refractivity contribution in [1.82, 2.24) is 15.1 Å². The maximum absolute atomic E-state index is 13.1. The van der Waals surface area contributed by atoms with Gasteiger partial charge in [-0.2, -0.15) is 0 Å². The number of fused-ring (bicyclic) bond motifs is 1. The van der Waals surface area contributed by atoms with E-state index in [-0.39, 0.29) is 46.7 Å². The summed E-state index contributed by atoms with van der Waals surface area (Å²) in [5, 5.41) is 2.22. The van der Waals surface area contributed by atoms with Gasteiger partial charge in [-0.25, -0.2) is 0 Å². The van der Waals surface area contributed by atoms with E-state index in [1.807, 2.05) is 0 Å². The number of morpholine rings is 1. The Bertz CT molecular complexity index is 1480. The number of hydrogen-bond donors (Lipinski definition) is 1. The molecule has 0 bridgehead atoms. The molecular formula is C25H25N3O6. The van der Waals surface area contributed by atoms with Crippen LogP contribution in [-0.4, -0.2) is 59.1 Å². The fourth-order valence-corrected chi connectivity index (χ4v) is 3.90.